The number of hydrogen-bond acceptors (Lipinski definition) is 4. The summed E-state index contributed by atoms with van der Waals surface area (Å²) in [7, 11) is 3.61. The van der Waals surface area contributed by atoms with E-state index in [-0.39, 0.29) is 6.04 Å². The highest BCUT2D eigenvalue weighted by atomic mass is 35.5. The minimum atomic E-state index is 0.131. The first-order chi connectivity index (χ1) is 9.76. The minimum absolute atomic E-state index is 0.131. The molecule has 110 valence electrons. The second kappa shape index (κ2) is 7.47. The molecule has 1 N–H and O–H groups in total. The highest BCUT2D eigenvalue weighted by molar-refractivity contribution is 6.31. The highest BCUT2D eigenvalue weighted by Crippen LogP contribution is 2.26. The monoisotopic (exact) mass is 297 g/mol. The Morgan fingerprint density at radius 3 is 3.05 bits per heavy atom. The number of rotatable bonds is 8. The zero-order valence-corrected chi connectivity index (χ0v) is 12.6. The predicted molar refractivity (Wildman–Crippen MR) is 77.9 cm³/mol. The number of methoxy groups -OCH3 is 1. The Balaban J connectivity index is 2.07. The second-order valence-electron chi connectivity index (χ2n) is 4.55. The normalized spacial score (nSPS) is 12.8. The van der Waals surface area contributed by atoms with Crippen molar-refractivity contribution in [2.45, 2.75) is 25.4 Å². The lowest BCUT2D eigenvalue weighted by Crippen LogP contribution is -2.22. The van der Waals surface area contributed by atoms with Crippen LogP contribution in [0.4, 0.5) is 0 Å². The van der Waals surface area contributed by atoms with Gasteiger partial charge in [-0.1, -0.05) is 11.6 Å². The maximum atomic E-state index is 6.27. The SMILES string of the molecule is CNC(CCc1ccco1)c1c(Cl)cnn1CCOC. The van der Waals surface area contributed by atoms with E-state index in [2.05, 4.69) is 10.4 Å². The summed E-state index contributed by atoms with van der Waals surface area (Å²) in [6, 6.07) is 4.02. The first-order valence-corrected chi connectivity index (χ1v) is 7.03. The number of aromatic nitrogens is 2. The van der Waals surface area contributed by atoms with Gasteiger partial charge >= 0.3 is 0 Å². The van der Waals surface area contributed by atoms with Crippen molar-refractivity contribution in [3.8, 4) is 0 Å². The average molecular weight is 298 g/mol. The van der Waals surface area contributed by atoms with E-state index < -0.39 is 0 Å². The Labute approximate surface area is 123 Å². The Hall–Kier alpha value is -1.30. The molecule has 0 spiro atoms. The van der Waals surface area contributed by atoms with Gasteiger partial charge in [-0.3, -0.25) is 4.68 Å². The van der Waals surface area contributed by atoms with E-state index in [9.17, 15) is 0 Å². The number of ether oxygens (including phenoxy) is 1. The smallest absolute Gasteiger partial charge is 0.103 e. The van der Waals surface area contributed by atoms with Gasteiger partial charge in [0.2, 0.25) is 0 Å². The zero-order chi connectivity index (χ0) is 14.4. The van der Waals surface area contributed by atoms with E-state index in [0.29, 0.717) is 18.2 Å². The summed E-state index contributed by atoms with van der Waals surface area (Å²) in [6.45, 7) is 1.30. The van der Waals surface area contributed by atoms with Crippen LogP contribution in [-0.2, 0) is 17.7 Å². The molecule has 0 aliphatic rings. The molecule has 5 nitrogen and oxygen atoms in total. The molecule has 0 saturated heterocycles. The van der Waals surface area contributed by atoms with E-state index in [1.54, 1.807) is 19.6 Å². The fourth-order valence-corrected chi connectivity index (χ4v) is 2.51. The molecule has 0 radical (unpaired) electrons. The number of aryl methyl sites for hydroxylation is 1. The lowest BCUT2D eigenvalue weighted by Gasteiger charge is -2.18. The van der Waals surface area contributed by atoms with Crippen molar-refractivity contribution in [3.63, 3.8) is 0 Å². The van der Waals surface area contributed by atoms with Crippen LogP contribution in [-0.4, -0.2) is 30.5 Å². The van der Waals surface area contributed by atoms with Crippen LogP contribution in [0.5, 0.6) is 0 Å². The molecule has 20 heavy (non-hydrogen) atoms. The maximum Gasteiger partial charge on any atom is 0.103 e. The summed E-state index contributed by atoms with van der Waals surface area (Å²) in [5.41, 5.74) is 0.998. The molecular weight excluding hydrogens is 278 g/mol. The van der Waals surface area contributed by atoms with Gasteiger partial charge in [-0.2, -0.15) is 5.10 Å². The van der Waals surface area contributed by atoms with Crippen molar-refractivity contribution in [2.75, 3.05) is 20.8 Å². The maximum absolute atomic E-state index is 6.27. The summed E-state index contributed by atoms with van der Waals surface area (Å²) in [5, 5.41) is 8.29. The number of hydrogen-bond donors (Lipinski definition) is 1. The van der Waals surface area contributed by atoms with Crippen molar-refractivity contribution in [1.29, 1.82) is 0 Å². The third kappa shape index (κ3) is 3.62. The molecule has 0 aliphatic heterocycles. The van der Waals surface area contributed by atoms with Crippen LogP contribution in [0.25, 0.3) is 0 Å². The van der Waals surface area contributed by atoms with Gasteiger partial charge in [-0.15, -0.1) is 0 Å². The Bertz CT molecular complexity index is 510. The van der Waals surface area contributed by atoms with Gasteiger partial charge in [0.05, 0.1) is 42.4 Å². The number of nitrogens with one attached hydrogen (secondary N) is 1. The number of nitrogens with zero attached hydrogens (tertiary/aromatic N) is 2. The van der Waals surface area contributed by atoms with Gasteiger partial charge in [-0.05, 0) is 25.6 Å². The fraction of sp³-hybridized carbons (Fsp3) is 0.500. The van der Waals surface area contributed by atoms with E-state index >= 15 is 0 Å². The third-order valence-corrected chi connectivity index (χ3v) is 3.57. The van der Waals surface area contributed by atoms with E-state index in [1.165, 1.54) is 0 Å². The standard InChI is InChI=1S/C14H20ClN3O2/c1-16-13(6-5-11-4-3-8-20-11)14-12(15)10-17-18(14)7-9-19-2/h3-4,8,10,13,16H,5-7,9H2,1-2H3. The van der Waals surface area contributed by atoms with Crippen LogP contribution >= 0.6 is 11.6 Å². The van der Waals surface area contributed by atoms with Gasteiger partial charge < -0.3 is 14.5 Å². The predicted octanol–water partition coefficient (Wildman–Crippen LogP) is 2.67. The Kier molecular flexibility index (Phi) is 5.64. The molecular formula is C14H20ClN3O2. The molecule has 0 aromatic carbocycles. The van der Waals surface area contributed by atoms with Crippen molar-refractivity contribution < 1.29 is 9.15 Å². The summed E-state index contributed by atoms with van der Waals surface area (Å²) >= 11 is 6.27. The molecule has 0 bridgehead atoms. The molecule has 0 saturated carbocycles. The van der Waals surface area contributed by atoms with E-state index in [0.717, 1.165) is 24.3 Å². The summed E-state index contributed by atoms with van der Waals surface area (Å²) in [6.07, 6.45) is 5.12. The van der Waals surface area contributed by atoms with Gasteiger partial charge in [0.25, 0.3) is 0 Å². The third-order valence-electron chi connectivity index (χ3n) is 3.28. The van der Waals surface area contributed by atoms with Crippen LogP contribution in [0.3, 0.4) is 0 Å². The molecule has 6 heteroatoms. The van der Waals surface area contributed by atoms with Crippen molar-refractivity contribution in [2.24, 2.45) is 0 Å². The molecule has 0 amide bonds. The highest BCUT2D eigenvalue weighted by Gasteiger charge is 2.19. The first-order valence-electron chi connectivity index (χ1n) is 6.66. The second-order valence-corrected chi connectivity index (χ2v) is 4.96. The summed E-state index contributed by atoms with van der Waals surface area (Å²) in [5.74, 6) is 0.976. The molecule has 2 aromatic heterocycles. The minimum Gasteiger partial charge on any atom is -0.469 e. The van der Waals surface area contributed by atoms with Crippen molar-refractivity contribution in [3.05, 3.63) is 41.1 Å². The summed E-state index contributed by atoms with van der Waals surface area (Å²) < 4.78 is 12.4. The Morgan fingerprint density at radius 2 is 2.40 bits per heavy atom. The van der Waals surface area contributed by atoms with Crippen LogP contribution < -0.4 is 5.32 Å². The molecule has 2 aromatic rings. The molecule has 0 aliphatic carbocycles. The largest absolute Gasteiger partial charge is 0.469 e. The first kappa shape index (κ1) is 15.1. The van der Waals surface area contributed by atoms with Gasteiger partial charge in [0.1, 0.15) is 5.76 Å². The van der Waals surface area contributed by atoms with Crippen molar-refractivity contribution in [1.82, 2.24) is 15.1 Å². The van der Waals surface area contributed by atoms with Gasteiger partial charge in [0, 0.05) is 13.5 Å². The topological polar surface area (TPSA) is 52.2 Å². The number of furan rings is 1. The summed E-state index contributed by atoms with van der Waals surface area (Å²) in [4.78, 5) is 0. The van der Waals surface area contributed by atoms with Crippen molar-refractivity contribution >= 4 is 11.6 Å². The molecule has 2 rings (SSSR count). The average Bonchev–Trinajstić information content (AvgIpc) is 3.08. The zero-order valence-electron chi connectivity index (χ0n) is 11.8. The van der Waals surface area contributed by atoms with E-state index in [4.69, 9.17) is 20.8 Å². The van der Waals surface area contributed by atoms with Crippen LogP contribution in [0.1, 0.15) is 23.9 Å². The molecule has 2 heterocycles. The van der Waals surface area contributed by atoms with Gasteiger partial charge in [0.15, 0.2) is 0 Å². The Morgan fingerprint density at radius 1 is 1.55 bits per heavy atom. The van der Waals surface area contributed by atoms with Crippen LogP contribution in [0, 0.1) is 0 Å². The lowest BCUT2D eigenvalue weighted by molar-refractivity contribution is 0.181. The van der Waals surface area contributed by atoms with Gasteiger partial charge in [-0.25, -0.2) is 0 Å². The van der Waals surface area contributed by atoms with Crippen LogP contribution in [0.15, 0.2) is 29.0 Å². The quantitative estimate of drug-likeness (QED) is 0.814. The molecule has 1 atom stereocenters. The number of halogens is 1. The molecule has 1 unspecified atom stereocenters. The fourth-order valence-electron chi connectivity index (χ4n) is 2.23. The van der Waals surface area contributed by atoms with Crippen LogP contribution in [0.2, 0.25) is 5.02 Å². The van der Waals surface area contributed by atoms with E-state index in [1.807, 2.05) is 23.9 Å². The lowest BCUT2D eigenvalue weighted by atomic mass is 10.1. The molecule has 0 fully saturated rings.